The summed E-state index contributed by atoms with van der Waals surface area (Å²) in [4.78, 5) is 5.03. The molecule has 0 aromatic heterocycles. The van der Waals surface area contributed by atoms with Gasteiger partial charge < -0.3 is 4.90 Å². The predicted octanol–water partition coefficient (Wildman–Crippen LogP) is 3.49. The fourth-order valence-electron chi connectivity index (χ4n) is 2.89. The first-order chi connectivity index (χ1) is 8.50. The summed E-state index contributed by atoms with van der Waals surface area (Å²) in [6, 6.07) is 4.63. The lowest BCUT2D eigenvalue weighted by Gasteiger charge is -2.36. The van der Waals surface area contributed by atoms with E-state index >= 15 is 0 Å². The molecule has 0 bridgehead atoms. The van der Waals surface area contributed by atoms with Gasteiger partial charge in [-0.2, -0.15) is 0 Å². The summed E-state index contributed by atoms with van der Waals surface area (Å²) in [7, 11) is 2.24. The number of anilines is 1. The first-order valence-electron chi connectivity index (χ1n) is 7.05. The Labute approximate surface area is 112 Å². The van der Waals surface area contributed by atoms with Gasteiger partial charge in [0.25, 0.3) is 0 Å². The second-order valence-corrected chi connectivity index (χ2v) is 5.74. The fraction of sp³-hybridized carbons (Fsp3) is 0.625. The summed E-state index contributed by atoms with van der Waals surface area (Å²) < 4.78 is 0. The summed E-state index contributed by atoms with van der Waals surface area (Å²) in [5, 5.41) is 0. The van der Waals surface area contributed by atoms with Gasteiger partial charge in [-0.05, 0) is 76.9 Å². The van der Waals surface area contributed by atoms with Crippen molar-refractivity contribution in [2.45, 2.75) is 46.7 Å². The number of hydrogen-bond acceptors (Lipinski definition) is 2. The lowest BCUT2D eigenvalue weighted by atomic mass is 10.0. The standard InChI is InChI=1S/C16H26N2/c1-12-10-13(2)14(3)16(11-12)18-9-7-6-8-17(5)15(18)4/h10-11,15H,6-9H2,1-5H3/t15-/m0/s1. The molecule has 1 heterocycles. The second kappa shape index (κ2) is 5.31. The van der Waals surface area contributed by atoms with E-state index in [4.69, 9.17) is 0 Å². The lowest BCUT2D eigenvalue weighted by molar-refractivity contribution is 0.267. The molecule has 0 unspecified atom stereocenters. The van der Waals surface area contributed by atoms with Crippen LogP contribution in [0, 0.1) is 20.8 Å². The first-order valence-corrected chi connectivity index (χ1v) is 7.05. The Bertz CT molecular complexity index is 425. The number of benzene rings is 1. The molecule has 18 heavy (non-hydrogen) atoms. The van der Waals surface area contributed by atoms with Crippen molar-refractivity contribution in [2.75, 3.05) is 25.0 Å². The summed E-state index contributed by atoms with van der Waals surface area (Å²) in [5.41, 5.74) is 5.63. The number of rotatable bonds is 1. The van der Waals surface area contributed by atoms with E-state index in [1.165, 1.54) is 48.3 Å². The maximum absolute atomic E-state index is 2.57. The molecule has 2 heteroatoms. The zero-order chi connectivity index (χ0) is 13.3. The van der Waals surface area contributed by atoms with Crippen molar-refractivity contribution in [1.29, 1.82) is 0 Å². The average Bonchev–Trinajstić information content (AvgIpc) is 2.48. The van der Waals surface area contributed by atoms with E-state index in [0.29, 0.717) is 6.17 Å². The van der Waals surface area contributed by atoms with Crippen LogP contribution in [0.15, 0.2) is 12.1 Å². The molecule has 0 spiro atoms. The van der Waals surface area contributed by atoms with E-state index in [1.807, 2.05) is 0 Å². The third-order valence-electron chi connectivity index (χ3n) is 4.34. The summed E-state index contributed by atoms with van der Waals surface area (Å²) in [5.74, 6) is 0. The van der Waals surface area contributed by atoms with Crippen LogP contribution in [-0.4, -0.2) is 31.2 Å². The maximum atomic E-state index is 2.57. The van der Waals surface area contributed by atoms with E-state index in [0.717, 1.165) is 0 Å². The minimum atomic E-state index is 0.493. The van der Waals surface area contributed by atoms with Crippen LogP contribution in [0.5, 0.6) is 0 Å². The van der Waals surface area contributed by atoms with E-state index in [-0.39, 0.29) is 0 Å². The SMILES string of the molecule is Cc1cc(C)c(C)c(N2CCCCN(C)[C@@H]2C)c1. The van der Waals surface area contributed by atoms with E-state index in [9.17, 15) is 0 Å². The van der Waals surface area contributed by atoms with Crippen LogP contribution in [0.1, 0.15) is 36.5 Å². The van der Waals surface area contributed by atoms with Gasteiger partial charge in [-0.3, -0.25) is 4.90 Å². The highest BCUT2D eigenvalue weighted by atomic mass is 15.3. The summed E-state index contributed by atoms with van der Waals surface area (Å²) in [6.07, 6.45) is 3.09. The molecule has 100 valence electrons. The van der Waals surface area contributed by atoms with Gasteiger partial charge in [0.05, 0.1) is 6.17 Å². The normalized spacial score (nSPS) is 22.1. The third-order valence-corrected chi connectivity index (χ3v) is 4.34. The van der Waals surface area contributed by atoms with Gasteiger partial charge >= 0.3 is 0 Å². The van der Waals surface area contributed by atoms with Gasteiger partial charge in [-0.1, -0.05) is 6.07 Å². The van der Waals surface area contributed by atoms with E-state index in [1.54, 1.807) is 0 Å². The third kappa shape index (κ3) is 2.54. The van der Waals surface area contributed by atoms with Crippen LogP contribution >= 0.6 is 0 Å². The van der Waals surface area contributed by atoms with Gasteiger partial charge in [0, 0.05) is 12.2 Å². The molecule has 1 aliphatic rings. The van der Waals surface area contributed by atoms with E-state index in [2.05, 4.69) is 56.7 Å². The van der Waals surface area contributed by atoms with Crippen molar-refractivity contribution in [3.63, 3.8) is 0 Å². The first kappa shape index (κ1) is 13.4. The highest BCUT2D eigenvalue weighted by Crippen LogP contribution is 2.28. The number of hydrogen-bond donors (Lipinski definition) is 0. The second-order valence-electron chi connectivity index (χ2n) is 5.74. The average molecular weight is 246 g/mol. The van der Waals surface area contributed by atoms with Crippen molar-refractivity contribution >= 4 is 5.69 Å². The van der Waals surface area contributed by atoms with Gasteiger partial charge in [0.1, 0.15) is 0 Å². The van der Waals surface area contributed by atoms with Crippen molar-refractivity contribution in [1.82, 2.24) is 4.90 Å². The molecule has 1 aromatic rings. The molecule has 1 aliphatic heterocycles. The lowest BCUT2D eigenvalue weighted by Crippen LogP contribution is -2.43. The van der Waals surface area contributed by atoms with Crippen LogP contribution in [0.2, 0.25) is 0 Å². The summed E-state index contributed by atoms with van der Waals surface area (Å²) in [6.45, 7) is 11.4. The van der Waals surface area contributed by atoms with Crippen molar-refractivity contribution in [3.05, 3.63) is 28.8 Å². The number of nitrogens with zero attached hydrogens (tertiary/aromatic N) is 2. The van der Waals surface area contributed by atoms with Gasteiger partial charge in [0.15, 0.2) is 0 Å². The minimum Gasteiger partial charge on any atom is -0.356 e. The van der Waals surface area contributed by atoms with Crippen LogP contribution < -0.4 is 4.90 Å². The zero-order valence-corrected chi connectivity index (χ0v) is 12.5. The van der Waals surface area contributed by atoms with E-state index < -0.39 is 0 Å². The van der Waals surface area contributed by atoms with Crippen LogP contribution in [0.25, 0.3) is 0 Å². The quantitative estimate of drug-likeness (QED) is 0.748. The maximum Gasteiger partial charge on any atom is 0.0789 e. The molecule has 0 saturated carbocycles. The molecule has 1 saturated heterocycles. The van der Waals surface area contributed by atoms with Gasteiger partial charge in [-0.25, -0.2) is 0 Å². The van der Waals surface area contributed by atoms with Crippen LogP contribution in [0.3, 0.4) is 0 Å². The van der Waals surface area contributed by atoms with Crippen LogP contribution in [-0.2, 0) is 0 Å². The Kier molecular flexibility index (Phi) is 3.96. The fourth-order valence-corrected chi connectivity index (χ4v) is 2.89. The number of aryl methyl sites for hydroxylation is 2. The highest BCUT2D eigenvalue weighted by Gasteiger charge is 2.22. The Morgan fingerprint density at radius 2 is 1.72 bits per heavy atom. The monoisotopic (exact) mass is 246 g/mol. The molecule has 1 aromatic carbocycles. The molecule has 1 atom stereocenters. The van der Waals surface area contributed by atoms with Crippen molar-refractivity contribution in [3.8, 4) is 0 Å². The molecule has 0 radical (unpaired) electrons. The molecule has 0 aliphatic carbocycles. The molecule has 0 N–H and O–H groups in total. The smallest absolute Gasteiger partial charge is 0.0789 e. The largest absolute Gasteiger partial charge is 0.356 e. The van der Waals surface area contributed by atoms with Crippen LogP contribution in [0.4, 0.5) is 5.69 Å². The molecule has 1 fully saturated rings. The Morgan fingerprint density at radius 3 is 2.44 bits per heavy atom. The van der Waals surface area contributed by atoms with Crippen molar-refractivity contribution in [2.24, 2.45) is 0 Å². The Hall–Kier alpha value is -1.02. The minimum absolute atomic E-state index is 0.493. The topological polar surface area (TPSA) is 6.48 Å². The molecular formula is C16H26N2. The van der Waals surface area contributed by atoms with Gasteiger partial charge in [-0.15, -0.1) is 0 Å². The zero-order valence-electron chi connectivity index (χ0n) is 12.5. The molecule has 2 rings (SSSR count). The predicted molar refractivity (Wildman–Crippen MR) is 79.3 cm³/mol. The Balaban J connectivity index is 2.40. The molecule has 0 amide bonds. The summed E-state index contributed by atoms with van der Waals surface area (Å²) >= 11 is 0. The molecular weight excluding hydrogens is 220 g/mol. The Morgan fingerprint density at radius 1 is 1.06 bits per heavy atom. The van der Waals surface area contributed by atoms with Gasteiger partial charge in [0.2, 0.25) is 0 Å². The molecule has 2 nitrogen and oxygen atoms in total. The highest BCUT2D eigenvalue weighted by molar-refractivity contribution is 5.58. The van der Waals surface area contributed by atoms with Crippen molar-refractivity contribution < 1.29 is 0 Å².